The van der Waals surface area contributed by atoms with E-state index in [1.165, 1.54) is 0 Å². The lowest BCUT2D eigenvalue weighted by Gasteiger charge is -2.10. The average molecular weight is 298 g/mol. The quantitative estimate of drug-likeness (QED) is 0.636. The average Bonchev–Trinajstić information content (AvgIpc) is 2.34. The lowest BCUT2D eigenvalue weighted by molar-refractivity contribution is 1.51. The molecule has 0 saturated heterocycles. The Morgan fingerprint density at radius 3 is 1.33 bits per heavy atom. The highest BCUT2D eigenvalue weighted by atomic mass is 35.5. The summed E-state index contributed by atoms with van der Waals surface area (Å²) in [5.41, 5.74) is 3.06. The van der Waals surface area contributed by atoms with Crippen LogP contribution in [0.5, 0.6) is 0 Å². The molecular formula is C15H11Cl3. The summed E-state index contributed by atoms with van der Waals surface area (Å²) in [7, 11) is 0. The van der Waals surface area contributed by atoms with Crippen LogP contribution < -0.4 is 0 Å². The van der Waals surface area contributed by atoms with E-state index in [2.05, 4.69) is 0 Å². The first-order chi connectivity index (χ1) is 8.58. The third-order valence-corrected chi connectivity index (χ3v) is 3.30. The molecule has 0 unspecified atom stereocenters. The van der Waals surface area contributed by atoms with Crippen molar-refractivity contribution in [2.24, 2.45) is 0 Å². The van der Waals surface area contributed by atoms with Gasteiger partial charge in [-0.25, -0.2) is 0 Å². The highest BCUT2D eigenvalue weighted by Crippen LogP contribution is 2.30. The Labute approximate surface area is 122 Å². The van der Waals surface area contributed by atoms with Crippen LogP contribution in [0.25, 0.3) is 5.57 Å². The molecule has 0 spiro atoms. The van der Waals surface area contributed by atoms with Gasteiger partial charge in [-0.2, -0.15) is 0 Å². The van der Waals surface area contributed by atoms with Crippen LogP contribution in [-0.4, -0.2) is 0 Å². The molecule has 0 aliphatic heterocycles. The Balaban J connectivity index is 2.51. The van der Waals surface area contributed by atoms with Gasteiger partial charge in [0.2, 0.25) is 0 Å². The van der Waals surface area contributed by atoms with E-state index in [0.29, 0.717) is 10.0 Å². The van der Waals surface area contributed by atoms with Gasteiger partial charge >= 0.3 is 0 Å². The molecule has 0 N–H and O–H groups in total. The van der Waals surface area contributed by atoms with Gasteiger partial charge in [0.1, 0.15) is 0 Å². The number of hydrogen-bond acceptors (Lipinski definition) is 0. The summed E-state index contributed by atoms with van der Waals surface area (Å²) in [6.45, 7) is 1.88. The normalized spacial score (nSPS) is 10.2. The predicted octanol–water partition coefficient (Wildman–Crippen LogP) is 6.01. The molecule has 0 nitrogen and oxygen atoms in total. The van der Waals surface area contributed by atoms with Gasteiger partial charge in [0.05, 0.1) is 0 Å². The molecule has 0 aliphatic rings. The number of halogens is 3. The zero-order valence-electron chi connectivity index (χ0n) is 9.75. The summed E-state index contributed by atoms with van der Waals surface area (Å²) >= 11 is 18.0. The SMILES string of the molecule is CC(Cl)=C(c1ccc(Cl)cc1)c1ccc(Cl)cc1. The van der Waals surface area contributed by atoms with E-state index < -0.39 is 0 Å². The molecule has 92 valence electrons. The van der Waals surface area contributed by atoms with Crippen molar-refractivity contribution in [2.45, 2.75) is 6.92 Å². The second kappa shape index (κ2) is 5.79. The lowest BCUT2D eigenvalue weighted by Crippen LogP contribution is -1.89. The number of benzene rings is 2. The maximum Gasteiger partial charge on any atom is 0.0406 e. The molecule has 2 aromatic carbocycles. The summed E-state index contributed by atoms with van der Waals surface area (Å²) in [6, 6.07) is 15.2. The molecule has 2 aromatic rings. The first kappa shape index (κ1) is 13.5. The third-order valence-electron chi connectivity index (χ3n) is 2.61. The molecule has 0 aliphatic carbocycles. The summed E-state index contributed by atoms with van der Waals surface area (Å²) < 4.78 is 0. The summed E-state index contributed by atoms with van der Waals surface area (Å²) in [5, 5.41) is 2.16. The fourth-order valence-corrected chi connectivity index (χ4v) is 2.27. The molecule has 0 radical (unpaired) electrons. The fourth-order valence-electron chi connectivity index (χ4n) is 1.80. The van der Waals surface area contributed by atoms with Crippen LogP contribution in [0.15, 0.2) is 53.6 Å². The molecular weight excluding hydrogens is 287 g/mol. The van der Waals surface area contributed by atoms with E-state index >= 15 is 0 Å². The van der Waals surface area contributed by atoms with Gasteiger partial charge < -0.3 is 0 Å². The largest absolute Gasteiger partial charge is 0.0888 e. The van der Waals surface area contributed by atoms with Gasteiger partial charge in [-0.3, -0.25) is 0 Å². The van der Waals surface area contributed by atoms with Crippen LogP contribution in [0.1, 0.15) is 18.1 Å². The van der Waals surface area contributed by atoms with Crippen molar-refractivity contribution in [1.29, 1.82) is 0 Å². The van der Waals surface area contributed by atoms with Crippen LogP contribution in [0.2, 0.25) is 10.0 Å². The first-order valence-electron chi connectivity index (χ1n) is 5.46. The van der Waals surface area contributed by atoms with Crippen molar-refractivity contribution in [3.05, 3.63) is 74.7 Å². The van der Waals surface area contributed by atoms with E-state index in [4.69, 9.17) is 34.8 Å². The van der Waals surface area contributed by atoms with Crippen LogP contribution in [0.3, 0.4) is 0 Å². The maximum absolute atomic E-state index is 6.21. The molecule has 0 fully saturated rings. The lowest BCUT2D eigenvalue weighted by atomic mass is 9.98. The molecule has 0 amide bonds. The summed E-state index contributed by atoms with van der Waals surface area (Å²) in [5.74, 6) is 0. The van der Waals surface area contributed by atoms with Crippen LogP contribution >= 0.6 is 34.8 Å². The minimum atomic E-state index is 0.710. The number of rotatable bonds is 2. The Kier molecular flexibility index (Phi) is 4.34. The summed E-state index contributed by atoms with van der Waals surface area (Å²) in [4.78, 5) is 0. The minimum Gasteiger partial charge on any atom is -0.0888 e. The van der Waals surface area contributed by atoms with E-state index in [0.717, 1.165) is 21.7 Å². The van der Waals surface area contributed by atoms with Crippen molar-refractivity contribution in [3.8, 4) is 0 Å². The van der Waals surface area contributed by atoms with Crippen molar-refractivity contribution in [2.75, 3.05) is 0 Å². The number of allylic oxidation sites excluding steroid dienone is 1. The maximum atomic E-state index is 6.21. The molecule has 0 heterocycles. The van der Waals surface area contributed by atoms with E-state index in [1.807, 2.05) is 55.5 Å². The zero-order valence-corrected chi connectivity index (χ0v) is 12.0. The standard InChI is InChI=1S/C15H11Cl3/c1-10(16)15(11-2-6-13(17)7-3-11)12-4-8-14(18)9-5-12/h2-9H,1H3. The van der Waals surface area contributed by atoms with Crippen LogP contribution in [-0.2, 0) is 0 Å². The highest BCUT2D eigenvalue weighted by Gasteiger charge is 2.08. The number of hydrogen-bond donors (Lipinski definition) is 0. The molecule has 0 saturated carbocycles. The van der Waals surface area contributed by atoms with Crippen LogP contribution in [0, 0.1) is 0 Å². The second-order valence-electron chi connectivity index (χ2n) is 3.92. The topological polar surface area (TPSA) is 0 Å². The smallest absolute Gasteiger partial charge is 0.0406 e. The van der Waals surface area contributed by atoms with Crippen molar-refractivity contribution >= 4 is 40.4 Å². The summed E-state index contributed by atoms with van der Waals surface area (Å²) in [6.07, 6.45) is 0. The second-order valence-corrected chi connectivity index (χ2v) is 5.36. The van der Waals surface area contributed by atoms with Gasteiger partial charge in [-0.05, 0) is 42.3 Å². The predicted molar refractivity (Wildman–Crippen MR) is 80.5 cm³/mol. The van der Waals surface area contributed by atoms with Gasteiger partial charge in [0.25, 0.3) is 0 Å². The Morgan fingerprint density at radius 2 is 1.06 bits per heavy atom. The van der Waals surface area contributed by atoms with Crippen molar-refractivity contribution < 1.29 is 0 Å². The van der Waals surface area contributed by atoms with Crippen molar-refractivity contribution in [3.63, 3.8) is 0 Å². The fraction of sp³-hybridized carbons (Fsp3) is 0.0667. The third kappa shape index (κ3) is 3.08. The first-order valence-corrected chi connectivity index (χ1v) is 6.59. The molecule has 2 rings (SSSR count). The zero-order chi connectivity index (χ0) is 13.1. The van der Waals surface area contributed by atoms with Gasteiger partial charge in [0.15, 0.2) is 0 Å². The van der Waals surface area contributed by atoms with Crippen molar-refractivity contribution in [1.82, 2.24) is 0 Å². The Morgan fingerprint density at radius 1 is 0.722 bits per heavy atom. The molecule has 18 heavy (non-hydrogen) atoms. The van der Waals surface area contributed by atoms with Crippen LogP contribution in [0.4, 0.5) is 0 Å². The Hall–Kier alpha value is -0.950. The molecule has 0 atom stereocenters. The highest BCUT2D eigenvalue weighted by molar-refractivity contribution is 6.33. The van der Waals surface area contributed by atoms with E-state index in [1.54, 1.807) is 0 Å². The Bertz CT molecular complexity index is 514. The van der Waals surface area contributed by atoms with Gasteiger partial charge in [-0.1, -0.05) is 59.1 Å². The van der Waals surface area contributed by atoms with Gasteiger partial charge in [-0.15, -0.1) is 0 Å². The minimum absolute atomic E-state index is 0.710. The molecule has 0 bridgehead atoms. The van der Waals surface area contributed by atoms with Gasteiger partial charge in [0, 0.05) is 20.7 Å². The molecule has 3 heteroatoms. The van der Waals surface area contributed by atoms with E-state index in [9.17, 15) is 0 Å². The monoisotopic (exact) mass is 296 g/mol. The molecule has 0 aromatic heterocycles. The van der Waals surface area contributed by atoms with E-state index in [-0.39, 0.29) is 0 Å².